The standard InChI is InChI=1S/C10H5BrF4N4/c11-3-2-17-10(16)19-9(3)18-8-6(14)4(12)1-5(13)7(8)15/h1-2H,(H3,16,17,18,19). The summed E-state index contributed by atoms with van der Waals surface area (Å²) in [6.07, 6.45) is 1.22. The number of rotatable bonds is 2. The highest BCUT2D eigenvalue weighted by Gasteiger charge is 2.20. The van der Waals surface area contributed by atoms with Crippen LogP contribution in [0.3, 0.4) is 0 Å². The third-order valence-electron chi connectivity index (χ3n) is 2.12. The van der Waals surface area contributed by atoms with Gasteiger partial charge in [-0.2, -0.15) is 4.98 Å². The predicted molar refractivity (Wildman–Crippen MR) is 63.7 cm³/mol. The molecule has 2 rings (SSSR count). The van der Waals surface area contributed by atoms with Gasteiger partial charge in [0.2, 0.25) is 5.95 Å². The summed E-state index contributed by atoms with van der Waals surface area (Å²) in [5.41, 5.74) is 4.29. The molecule has 0 bridgehead atoms. The molecule has 0 atom stereocenters. The van der Waals surface area contributed by atoms with E-state index < -0.39 is 29.0 Å². The number of nitrogens with one attached hydrogen (secondary N) is 1. The molecule has 0 saturated heterocycles. The fourth-order valence-electron chi connectivity index (χ4n) is 1.27. The van der Waals surface area contributed by atoms with Gasteiger partial charge in [0.25, 0.3) is 0 Å². The van der Waals surface area contributed by atoms with E-state index in [-0.39, 0.29) is 22.3 Å². The lowest BCUT2D eigenvalue weighted by molar-refractivity contribution is 0.459. The molecule has 3 N–H and O–H groups in total. The molecule has 9 heteroatoms. The Morgan fingerprint density at radius 2 is 1.68 bits per heavy atom. The van der Waals surface area contributed by atoms with Crippen LogP contribution in [0.5, 0.6) is 0 Å². The fraction of sp³-hybridized carbons (Fsp3) is 0. The molecule has 0 spiro atoms. The van der Waals surface area contributed by atoms with Crippen LogP contribution in [-0.2, 0) is 0 Å². The molecule has 0 aliphatic carbocycles. The number of nitrogens with two attached hydrogens (primary N) is 1. The summed E-state index contributed by atoms with van der Waals surface area (Å²) in [4.78, 5) is 7.25. The van der Waals surface area contributed by atoms with Gasteiger partial charge in [0, 0.05) is 12.3 Å². The van der Waals surface area contributed by atoms with Gasteiger partial charge in [-0.25, -0.2) is 22.5 Å². The van der Waals surface area contributed by atoms with Gasteiger partial charge in [-0.05, 0) is 15.9 Å². The Hall–Kier alpha value is -1.90. The zero-order chi connectivity index (χ0) is 14.2. The van der Waals surface area contributed by atoms with Crippen LogP contribution in [0.4, 0.5) is 35.0 Å². The molecule has 0 aliphatic heterocycles. The summed E-state index contributed by atoms with van der Waals surface area (Å²) in [5.74, 6) is -6.50. The summed E-state index contributed by atoms with van der Waals surface area (Å²) in [6.45, 7) is 0. The van der Waals surface area contributed by atoms with E-state index in [9.17, 15) is 17.6 Å². The van der Waals surface area contributed by atoms with Crippen molar-refractivity contribution in [3.63, 3.8) is 0 Å². The summed E-state index contributed by atoms with van der Waals surface area (Å²) >= 11 is 3.00. The van der Waals surface area contributed by atoms with Crippen molar-refractivity contribution in [2.24, 2.45) is 0 Å². The Kier molecular flexibility index (Phi) is 3.56. The largest absolute Gasteiger partial charge is 0.368 e. The zero-order valence-corrected chi connectivity index (χ0v) is 10.6. The number of nitrogens with zero attached hydrogens (tertiary/aromatic N) is 2. The molecule has 0 amide bonds. The second kappa shape index (κ2) is 5.00. The number of nitrogen functional groups attached to an aromatic ring is 1. The number of hydrogen-bond acceptors (Lipinski definition) is 4. The smallest absolute Gasteiger partial charge is 0.222 e. The highest BCUT2D eigenvalue weighted by atomic mass is 79.9. The van der Waals surface area contributed by atoms with Crippen molar-refractivity contribution in [2.75, 3.05) is 11.1 Å². The van der Waals surface area contributed by atoms with E-state index >= 15 is 0 Å². The number of benzene rings is 1. The van der Waals surface area contributed by atoms with E-state index in [2.05, 4.69) is 31.2 Å². The van der Waals surface area contributed by atoms with Crippen molar-refractivity contribution >= 4 is 33.4 Å². The van der Waals surface area contributed by atoms with E-state index in [1.165, 1.54) is 6.20 Å². The molecule has 1 heterocycles. The van der Waals surface area contributed by atoms with Gasteiger partial charge in [-0.1, -0.05) is 0 Å². The van der Waals surface area contributed by atoms with E-state index in [0.717, 1.165) is 0 Å². The lowest BCUT2D eigenvalue weighted by atomic mass is 10.2. The van der Waals surface area contributed by atoms with E-state index in [1.54, 1.807) is 0 Å². The molecule has 4 nitrogen and oxygen atoms in total. The number of anilines is 3. The van der Waals surface area contributed by atoms with Crippen LogP contribution < -0.4 is 11.1 Å². The molecular weight excluding hydrogens is 332 g/mol. The molecular formula is C10H5BrF4N4. The third-order valence-corrected chi connectivity index (χ3v) is 2.70. The highest BCUT2D eigenvalue weighted by molar-refractivity contribution is 9.10. The molecule has 1 aromatic carbocycles. The van der Waals surface area contributed by atoms with Crippen LogP contribution in [0.25, 0.3) is 0 Å². The first kappa shape index (κ1) is 13.5. The van der Waals surface area contributed by atoms with Gasteiger partial charge in [0.05, 0.1) is 4.47 Å². The lowest BCUT2D eigenvalue weighted by Crippen LogP contribution is -2.06. The van der Waals surface area contributed by atoms with Crippen LogP contribution >= 0.6 is 15.9 Å². The summed E-state index contributed by atoms with van der Waals surface area (Å²) < 4.78 is 53.1. The first-order valence-electron chi connectivity index (χ1n) is 4.78. The van der Waals surface area contributed by atoms with Gasteiger partial charge in [0.15, 0.2) is 29.1 Å². The zero-order valence-electron chi connectivity index (χ0n) is 9.02. The third kappa shape index (κ3) is 2.60. The number of hydrogen-bond donors (Lipinski definition) is 2. The molecule has 0 fully saturated rings. The van der Waals surface area contributed by atoms with Gasteiger partial charge < -0.3 is 11.1 Å². The lowest BCUT2D eigenvalue weighted by Gasteiger charge is -2.10. The molecule has 0 unspecified atom stereocenters. The Morgan fingerprint density at radius 1 is 1.11 bits per heavy atom. The summed E-state index contributed by atoms with van der Waals surface area (Å²) in [5, 5.41) is 2.12. The van der Waals surface area contributed by atoms with Crippen LogP contribution in [0.2, 0.25) is 0 Å². The summed E-state index contributed by atoms with van der Waals surface area (Å²) in [6, 6.07) is 0.110. The number of aromatic nitrogens is 2. The molecule has 0 saturated carbocycles. The Labute approximate surface area is 112 Å². The predicted octanol–water partition coefficient (Wildman–Crippen LogP) is 3.12. The Bertz CT molecular complexity index is 624. The minimum Gasteiger partial charge on any atom is -0.368 e. The van der Waals surface area contributed by atoms with Gasteiger partial charge in [0.1, 0.15) is 5.69 Å². The van der Waals surface area contributed by atoms with Crippen molar-refractivity contribution in [1.29, 1.82) is 0 Å². The Balaban J connectivity index is 2.52. The van der Waals surface area contributed by atoms with Crippen LogP contribution in [0.15, 0.2) is 16.7 Å². The van der Waals surface area contributed by atoms with Crippen molar-refractivity contribution in [2.45, 2.75) is 0 Å². The highest BCUT2D eigenvalue weighted by Crippen LogP contribution is 2.29. The molecule has 2 aromatic rings. The van der Waals surface area contributed by atoms with Crippen LogP contribution in [0.1, 0.15) is 0 Å². The van der Waals surface area contributed by atoms with E-state index in [1.807, 2.05) is 0 Å². The molecule has 0 radical (unpaired) electrons. The second-order valence-corrected chi connectivity index (χ2v) is 4.25. The van der Waals surface area contributed by atoms with Crippen molar-refractivity contribution in [3.8, 4) is 0 Å². The second-order valence-electron chi connectivity index (χ2n) is 3.39. The first-order valence-corrected chi connectivity index (χ1v) is 5.57. The summed E-state index contributed by atoms with van der Waals surface area (Å²) in [7, 11) is 0. The minimum absolute atomic E-state index is 0.110. The fourth-order valence-corrected chi connectivity index (χ4v) is 1.56. The maximum Gasteiger partial charge on any atom is 0.222 e. The van der Waals surface area contributed by atoms with Gasteiger partial charge in [-0.3, -0.25) is 0 Å². The molecule has 100 valence electrons. The van der Waals surface area contributed by atoms with Crippen molar-refractivity contribution in [1.82, 2.24) is 9.97 Å². The first-order chi connectivity index (χ1) is 8.90. The molecule has 19 heavy (non-hydrogen) atoms. The van der Waals surface area contributed by atoms with Crippen LogP contribution in [-0.4, -0.2) is 9.97 Å². The molecule has 1 aromatic heterocycles. The maximum absolute atomic E-state index is 13.4. The molecule has 0 aliphatic rings. The number of halogens is 5. The van der Waals surface area contributed by atoms with Crippen molar-refractivity contribution in [3.05, 3.63) is 40.0 Å². The maximum atomic E-state index is 13.4. The average Bonchev–Trinajstić information content (AvgIpc) is 2.36. The van der Waals surface area contributed by atoms with Crippen LogP contribution in [0, 0.1) is 23.3 Å². The van der Waals surface area contributed by atoms with E-state index in [0.29, 0.717) is 0 Å². The topological polar surface area (TPSA) is 63.8 Å². The monoisotopic (exact) mass is 336 g/mol. The normalized spacial score (nSPS) is 10.6. The average molecular weight is 337 g/mol. The quantitative estimate of drug-likeness (QED) is 0.653. The van der Waals surface area contributed by atoms with Gasteiger partial charge in [-0.15, -0.1) is 0 Å². The van der Waals surface area contributed by atoms with E-state index in [4.69, 9.17) is 5.73 Å². The van der Waals surface area contributed by atoms with Gasteiger partial charge >= 0.3 is 0 Å². The Morgan fingerprint density at radius 3 is 2.26 bits per heavy atom. The SMILES string of the molecule is Nc1ncc(Br)c(Nc2c(F)c(F)cc(F)c2F)n1. The van der Waals surface area contributed by atoms with Crippen molar-refractivity contribution < 1.29 is 17.6 Å². The minimum atomic E-state index is -1.57.